The highest BCUT2D eigenvalue weighted by atomic mass is 79.9. The molecule has 0 saturated carbocycles. The summed E-state index contributed by atoms with van der Waals surface area (Å²) in [7, 11) is 0. The number of fused-ring (bicyclic) bond motifs is 1. The third-order valence-electron chi connectivity index (χ3n) is 3.64. The second kappa shape index (κ2) is 7.01. The van der Waals surface area contributed by atoms with Gasteiger partial charge in [-0.15, -0.1) is 0 Å². The van der Waals surface area contributed by atoms with Gasteiger partial charge in [-0.05, 0) is 36.1 Å². The molecule has 21 heavy (non-hydrogen) atoms. The molecule has 4 heteroatoms. The van der Waals surface area contributed by atoms with Crippen LogP contribution in [0, 0.1) is 5.41 Å². The largest absolute Gasteiger partial charge is 0.490 e. The minimum Gasteiger partial charge on any atom is -0.490 e. The Balaban J connectivity index is 2.38. The molecule has 0 aliphatic carbocycles. The lowest BCUT2D eigenvalue weighted by atomic mass is 9.82. The van der Waals surface area contributed by atoms with Gasteiger partial charge in [-0.1, -0.05) is 43.6 Å². The second-order valence-electron chi connectivity index (χ2n) is 6.62. The normalized spacial score (nSPS) is 16.4. The number of halogens is 1. The van der Waals surface area contributed by atoms with Crippen LogP contribution in [0.1, 0.15) is 52.1 Å². The molecule has 1 aliphatic heterocycles. The zero-order valence-electron chi connectivity index (χ0n) is 13.5. The van der Waals surface area contributed by atoms with E-state index in [0.29, 0.717) is 0 Å². The van der Waals surface area contributed by atoms with Crippen LogP contribution in [0.15, 0.2) is 16.6 Å². The number of hydrogen-bond acceptors (Lipinski definition) is 3. The Bertz CT molecular complexity index is 482. The van der Waals surface area contributed by atoms with Gasteiger partial charge in [0.15, 0.2) is 11.5 Å². The molecule has 0 saturated heterocycles. The van der Waals surface area contributed by atoms with Crippen molar-refractivity contribution in [3.05, 3.63) is 22.2 Å². The van der Waals surface area contributed by atoms with Crippen LogP contribution in [0.4, 0.5) is 0 Å². The molecular weight excluding hydrogens is 330 g/mol. The third-order valence-corrected chi connectivity index (χ3v) is 4.33. The molecule has 0 aromatic heterocycles. The van der Waals surface area contributed by atoms with Crippen LogP contribution in [0.2, 0.25) is 0 Å². The van der Waals surface area contributed by atoms with E-state index in [9.17, 15) is 0 Å². The van der Waals surface area contributed by atoms with Crippen LogP contribution in [0.5, 0.6) is 11.5 Å². The number of nitrogens with one attached hydrogen (secondary N) is 1. The van der Waals surface area contributed by atoms with Crippen molar-refractivity contribution < 1.29 is 9.47 Å². The number of ether oxygens (including phenoxy) is 2. The van der Waals surface area contributed by atoms with Crippen LogP contribution in [-0.4, -0.2) is 19.8 Å². The van der Waals surface area contributed by atoms with Crippen LogP contribution in [-0.2, 0) is 0 Å². The van der Waals surface area contributed by atoms with Crippen molar-refractivity contribution in [2.75, 3.05) is 19.8 Å². The van der Waals surface area contributed by atoms with Crippen LogP contribution in [0.25, 0.3) is 0 Å². The van der Waals surface area contributed by atoms with E-state index in [1.165, 1.54) is 5.56 Å². The lowest BCUT2D eigenvalue weighted by molar-refractivity contribution is 0.270. The molecule has 1 aromatic carbocycles. The summed E-state index contributed by atoms with van der Waals surface area (Å²) in [6.07, 6.45) is 2.05. The van der Waals surface area contributed by atoms with Crippen molar-refractivity contribution in [1.82, 2.24) is 5.32 Å². The Morgan fingerprint density at radius 3 is 2.38 bits per heavy atom. The van der Waals surface area contributed by atoms with Crippen molar-refractivity contribution in [2.24, 2.45) is 5.41 Å². The Morgan fingerprint density at radius 1 is 1.19 bits per heavy atom. The zero-order chi connectivity index (χ0) is 15.5. The molecule has 0 spiro atoms. The van der Waals surface area contributed by atoms with E-state index in [2.05, 4.69) is 55.0 Å². The summed E-state index contributed by atoms with van der Waals surface area (Å²) in [6.45, 7) is 11.4. The lowest BCUT2D eigenvalue weighted by Crippen LogP contribution is -2.33. The molecule has 1 atom stereocenters. The van der Waals surface area contributed by atoms with Gasteiger partial charge in [-0.25, -0.2) is 0 Å². The fourth-order valence-corrected chi connectivity index (χ4v) is 3.14. The Labute approximate surface area is 136 Å². The molecule has 0 amide bonds. The van der Waals surface area contributed by atoms with E-state index >= 15 is 0 Å². The highest BCUT2D eigenvalue weighted by Gasteiger charge is 2.29. The van der Waals surface area contributed by atoms with Gasteiger partial charge < -0.3 is 14.8 Å². The fourth-order valence-electron chi connectivity index (χ4n) is 2.59. The summed E-state index contributed by atoms with van der Waals surface area (Å²) < 4.78 is 12.7. The number of rotatable bonds is 4. The molecule has 3 nitrogen and oxygen atoms in total. The molecule has 1 aliphatic rings. The Kier molecular flexibility index (Phi) is 5.55. The van der Waals surface area contributed by atoms with Crippen LogP contribution in [0.3, 0.4) is 0 Å². The molecule has 0 radical (unpaired) electrons. The van der Waals surface area contributed by atoms with E-state index in [1.54, 1.807) is 0 Å². The average molecular weight is 356 g/mol. The standard InChI is InChI=1S/C17H26BrNO2/c1-5-7-19-16(17(2,3)4)12-10-14-15(11-13(12)18)21-9-6-8-20-14/h10-11,16,19H,5-9H2,1-4H3. The average Bonchev–Trinajstić information content (AvgIpc) is 2.62. The zero-order valence-corrected chi connectivity index (χ0v) is 15.0. The highest BCUT2D eigenvalue weighted by Crippen LogP contribution is 2.42. The van der Waals surface area contributed by atoms with E-state index in [-0.39, 0.29) is 11.5 Å². The topological polar surface area (TPSA) is 30.5 Å². The minimum atomic E-state index is 0.123. The van der Waals surface area contributed by atoms with Crippen molar-refractivity contribution >= 4 is 15.9 Å². The Hall–Kier alpha value is -0.740. The van der Waals surface area contributed by atoms with E-state index in [4.69, 9.17) is 9.47 Å². The van der Waals surface area contributed by atoms with Gasteiger partial charge in [-0.3, -0.25) is 0 Å². The van der Waals surface area contributed by atoms with Crippen LogP contribution < -0.4 is 14.8 Å². The van der Waals surface area contributed by atoms with Crippen LogP contribution >= 0.6 is 15.9 Å². The van der Waals surface area contributed by atoms with Crippen molar-refractivity contribution in [3.63, 3.8) is 0 Å². The smallest absolute Gasteiger partial charge is 0.162 e. The molecule has 0 fully saturated rings. The second-order valence-corrected chi connectivity index (χ2v) is 7.48. The number of benzene rings is 1. The first kappa shape index (κ1) is 16.6. The van der Waals surface area contributed by atoms with Gasteiger partial charge in [-0.2, -0.15) is 0 Å². The maximum atomic E-state index is 5.84. The molecule has 1 N–H and O–H groups in total. The molecule has 2 rings (SSSR count). The maximum Gasteiger partial charge on any atom is 0.162 e. The first-order valence-electron chi connectivity index (χ1n) is 7.76. The van der Waals surface area contributed by atoms with Crippen molar-refractivity contribution in [1.29, 1.82) is 0 Å². The number of hydrogen-bond donors (Lipinski definition) is 1. The summed E-state index contributed by atoms with van der Waals surface area (Å²) in [6, 6.07) is 4.44. The van der Waals surface area contributed by atoms with Gasteiger partial charge in [0.2, 0.25) is 0 Å². The van der Waals surface area contributed by atoms with E-state index in [1.807, 2.05) is 6.07 Å². The predicted octanol–water partition coefficient (Wildman–Crippen LogP) is 4.70. The summed E-state index contributed by atoms with van der Waals surface area (Å²) >= 11 is 3.71. The van der Waals surface area contributed by atoms with Gasteiger partial charge in [0, 0.05) is 16.9 Å². The third kappa shape index (κ3) is 4.13. The van der Waals surface area contributed by atoms with Gasteiger partial charge in [0.25, 0.3) is 0 Å². The van der Waals surface area contributed by atoms with Gasteiger partial charge in [0.1, 0.15) is 0 Å². The SMILES string of the molecule is CCCNC(c1cc2c(cc1Br)OCCCO2)C(C)(C)C. The fraction of sp³-hybridized carbons (Fsp3) is 0.647. The molecule has 1 heterocycles. The molecule has 118 valence electrons. The predicted molar refractivity (Wildman–Crippen MR) is 90.2 cm³/mol. The van der Waals surface area contributed by atoms with Crippen molar-refractivity contribution in [3.8, 4) is 11.5 Å². The monoisotopic (exact) mass is 355 g/mol. The van der Waals surface area contributed by atoms with E-state index < -0.39 is 0 Å². The minimum absolute atomic E-state index is 0.123. The molecular formula is C17H26BrNO2. The van der Waals surface area contributed by atoms with Gasteiger partial charge >= 0.3 is 0 Å². The molecule has 0 bridgehead atoms. The summed E-state index contributed by atoms with van der Waals surface area (Å²) in [4.78, 5) is 0. The molecule has 1 unspecified atom stereocenters. The first-order valence-corrected chi connectivity index (χ1v) is 8.55. The summed E-state index contributed by atoms with van der Waals surface area (Å²) in [5.74, 6) is 1.70. The van der Waals surface area contributed by atoms with Gasteiger partial charge in [0.05, 0.1) is 13.2 Å². The highest BCUT2D eigenvalue weighted by molar-refractivity contribution is 9.10. The summed E-state index contributed by atoms with van der Waals surface area (Å²) in [5, 5.41) is 3.66. The maximum absolute atomic E-state index is 5.84. The molecule has 1 aromatic rings. The van der Waals surface area contributed by atoms with E-state index in [0.717, 1.165) is 48.6 Å². The quantitative estimate of drug-likeness (QED) is 0.849. The Morgan fingerprint density at radius 2 is 1.81 bits per heavy atom. The first-order chi connectivity index (χ1) is 9.93. The van der Waals surface area contributed by atoms with Crippen molar-refractivity contribution in [2.45, 2.75) is 46.6 Å². The lowest BCUT2D eigenvalue weighted by Gasteiger charge is -2.33. The summed E-state index contributed by atoms with van der Waals surface area (Å²) in [5.41, 5.74) is 1.36.